The minimum Gasteiger partial charge on any atom is -0.508 e. The molecule has 2 rings (SSSR count). The predicted octanol–water partition coefficient (Wildman–Crippen LogP) is 1.92. The van der Waals surface area contributed by atoms with Gasteiger partial charge in [-0.2, -0.15) is 0 Å². The monoisotopic (exact) mass is 276 g/mol. The normalized spacial score (nSPS) is 10.5. The van der Waals surface area contributed by atoms with Gasteiger partial charge in [-0.25, -0.2) is 0 Å². The van der Waals surface area contributed by atoms with Crippen LogP contribution in [0, 0.1) is 0 Å². The van der Waals surface area contributed by atoms with Gasteiger partial charge in [-0.3, -0.25) is 0 Å². The smallest absolute Gasteiger partial charge is 0.122 e. The Morgan fingerprint density at radius 3 is 1.40 bits per heavy atom. The van der Waals surface area contributed by atoms with Crippen LogP contribution >= 0.6 is 0 Å². The number of aliphatic hydroxyl groups is 1. The molecule has 0 heterocycles. The summed E-state index contributed by atoms with van der Waals surface area (Å²) in [7, 11) is 0. The molecule has 5 heteroatoms. The minimum atomic E-state index is -0.780. The van der Waals surface area contributed by atoms with Crippen LogP contribution in [-0.2, 0) is 0 Å². The van der Waals surface area contributed by atoms with Crippen molar-refractivity contribution in [3.8, 4) is 23.0 Å². The van der Waals surface area contributed by atoms with Crippen LogP contribution in [-0.4, -0.2) is 34.6 Å². The highest BCUT2D eigenvalue weighted by Crippen LogP contribution is 2.17. The van der Waals surface area contributed by atoms with Gasteiger partial charge in [-0.1, -0.05) is 0 Å². The Hall–Kier alpha value is -2.40. The van der Waals surface area contributed by atoms with Crippen molar-refractivity contribution in [1.82, 2.24) is 0 Å². The lowest BCUT2D eigenvalue weighted by molar-refractivity contribution is 0.0626. The van der Waals surface area contributed by atoms with E-state index < -0.39 is 6.10 Å². The van der Waals surface area contributed by atoms with Crippen LogP contribution in [0.2, 0.25) is 0 Å². The second-order valence-electron chi connectivity index (χ2n) is 4.26. The fourth-order valence-electron chi connectivity index (χ4n) is 1.52. The Morgan fingerprint density at radius 2 is 1.05 bits per heavy atom. The van der Waals surface area contributed by atoms with E-state index in [2.05, 4.69) is 0 Å². The van der Waals surface area contributed by atoms with Crippen molar-refractivity contribution >= 4 is 0 Å². The molecule has 0 saturated carbocycles. The van der Waals surface area contributed by atoms with Crippen molar-refractivity contribution in [3.63, 3.8) is 0 Å². The maximum absolute atomic E-state index is 9.73. The van der Waals surface area contributed by atoms with Crippen LogP contribution in [0.5, 0.6) is 23.0 Å². The standard InChI is InChI=1S/C15H16O5/c16-11-1-5-14(6-2-11)19-9-13(18)10-20-15-7-3-12(17)4-8-15/h1-8,13,16-18H,9-10H2. The number of phenols is 2. The van der Waals surface area contributed by atoms with Crippen LogP contribution in [0.1, 0.15) is 0 Å². The molecule has 0 atom stereocenters. The van der Waals surface area contributed by atoms with Gasteiger partial charge in [0.1, 0.15) is 42.3 Å². The highest BCUT2D eigenvalue weighted by molar-refractivity contribution is 5.30. The second-order valence-corrected chi connectivity index (χ2v) is 4.26. The number of benzene rings is 2. The third-order valence-corrected chi connectivity index (χ3v) is 2.56. The fourth-order valence-corrected chi connectivity index (χ4v) is 1.52. The molecule has 0 aliphatic rings. The van der Waals surface area contributed by atoms with Gasteiger partial charge in [0.15, 0.2) is 0 Å². The van der Waals surface area contributed by atoms with E-state index in [4.69, 9.17) is 19.7 Å². The van der Waals surface area contributed by atoms with Crippen LogP contribution in [0.3, 0.4) is 0 Å². The van der Waals surface area contributed by atoms with E-state index in [1.807, 2.05) is 0 Å². The molecule has 0 aliphatic carbocycles. The third kappa shape index (κ3) is 4.37. The number of rotatable bonds is 6. The fraction of sp³-hybridized carbons (Fsp3) is 0.200. The summed E-state index contributed by atoms with van der Waals surface area (Å²) in [5.41, 5.74) is 0. The molecular formula is C15H16O5. The summed E-state index contributed by atoms with van der Waals surface area (Å²) in [5.74, 6) is 1.44. The summed E-state index contributed by atoms with van der Waals surface area (Å²) in [6.45, 7) is 0.172. The molecule has 0 aliphatic heterocycles. The highest BCUT2D eigenvalue weighted by atomic mass is 16.5. The third-order valence-electron chi connectivity index (χ3n) is 2.56. The zero-order valence-electron chi connectivity index (χ0n) is 10.8. The molecule has 5 nitrogen and oxygen atoms in total. The van der Waals surface area contributed by atoms with Crippen molar-refractivity contribution in [1.29, 1.82) is 0 Å². The molecule has 0 fully saturated rings. The molecule has 0 radical (unpaired) electrons. The van der Waals surface area contributed by atoms with Gasteiger partial charge < -0.3 is 24.8 Å². The van der Waals surface area contributed by atoms with E-state index >= 15 is 0 Å². The van der Waals surface area contributed by atoms with E-state index in [1.54, 1.807) is 24.3 Å². The molecule has 2 aromatic carbocycles. The van der Waals surface area contributed by atoms with E-state index in [1.165, 1.54) is 24.3 Å². The number of aliphatic hydroxyl groups excluding tert-OH is 1. The molecule has 0 amide bonds. The topological polar surface area (TPSA) is 79.2 Å². The minimum absolute atomic E-state index is 0.0862. The quantitative estimate of drug-likeness (QED) is 0.751. The number of phenolic OH excluding ortho intramolecular Hbond substituents is 2. The maximum atomic E-state index is 9.73. The molecule has 0 aromatic heterocycles. The van der Waals surface area contributed by atoms with E-state index in [0.29, 0.717) is 11.5 Å². The summed E-state index contributed by atoms with van der Waals surface area (Å²) in [6, 6.07) is 12.5. The van der Waals surface area contributed by atoms with Crippen molar-refractivity contribution in [3.05, 3.63) is 48.5 Å². The average molecular weight is 276 g/mol. The summed E-state index contributed by atoms with van der Waals surface area (Å²) in [4.78, 5) is 0. The van der Waals surface area contributed by atoms with Crippen LogP contribution < -0.4 is 9.47 Å². The number of aromatic hydroxyl groups is 2. The average Bonchev–Trinajstić information content (AvgIpc) is 2.46. The van der Waals surface area contributed by atoms with Gasteiger partial charge in [0.25, 0.3) is 0 Å². The summed E-state index contributed by atoms with van der Waals surface area (Å²) in [5, 5.41) is 28.0. The van der Waals surface area contributed by atoms with Gasteiger partial charge in [0.2, 0.25) is 0 Å². The van der Waals surface area contributed by atoms with E-state index in [-0.39, 0.29) is 24.7 Å². The van der Waals surface area contributed by atoms with Crippen molar-refractivity contribution in [2.75, 3.05) is 13.2 Å². The number of hydrogen-bond donors (Lipinski definition) is 3. The first-order valence-corrected chi connectivity index (χ1v) is 6.15. The Bertz CT molecular complexity index is 471. The first-order valence-electron chi connectivity index (χ1n) is 6.15. The number of hydrogen-bond acceptors (Lipinski definition) is 5. The van der Waals surface area contributed by atoms with Crippen LogP contribution in [0.25, 0.3) is 0 Å². The first kappa shape index (κ1) is 14.0. The Morgan fingerprint density at radius 1 is 0.700 bits per heavy atom. The summed E-state index contributed by atoms with van der Waals surface area (Å²) >= 11 is 0. The molecule has 0 spiro atoms. The number of ether oxygens (including phenoxy) is 2. The highest BCUT2D eigenvalue weighted by Gasteiger charge is 2.07. The predicted molar refractivity (Wildman–Crippen MR) is 73.2 cm³/mol. The molecule has 0 saturated heterocycles. The van der Waals surface area contributed by atoms with E-state index in [9.17, 15) is 5.11 Å². The van der Waals surface area contributed by atoms with Crippen molar-refractivity contribution in [2.45, 2.75) is 6.10 Å². The molecule has 0 bridgehead atoms. The SMILES string of the molecule is Oc1ccc(OCC(O)COc2ccc(O)cc2)cc1. The van der Waals surface area contributed by atoms with Gasteiger partial charge >= 0.3 is 0 Å². The van der Waals surface area contributed by atoms with Crippen molar-refractivity contribution in [2.24, 2.45) is 0 Å². The van der Waals surface area contributed by atoms with Crippen LogP contribution in [0.4, 0.5) is 0 Å². The molecular weight excluding hydrogens is 260 g/mol. The lowest BCUT2D eigenvalue weighted by Gasteiger charge is -2.13. The van der Waals surface area contributed by atoms with Gasteiger partial charge in [-0.05, 0) is 48.5 Å². The lowest BCUT2D eigenvalue weighted by atomic mass is 10.3. The lowest BCUT2D eigenvalue weighted by Crippen LogP contribution is -2.25. The largest absolute Gasteiger partial charge is 0.508 e. The van der Waals surface area contributed by atoms with Crippen molar-refractivity contribution < 1.29 is 24.8 Å². The molecule has 0 unspecified atom stereocenters. The van der Waals surface area contributed by atoms with Gasteiger partial charge in [0, 0.05) is 0 Å². The Balaban J connectivity index is 1.73. The molecule has 2 aromatic rings. The Kier molecular flexibility index (Phi) is 4.68. The van der Waals surface area contributed by atoms with Crippen LogP contribution in [0.15, 0.2) is 48.5 Å². The maximum Gasteiger partial charge on any atom is 0.122 e. The second kappa shape index (κ2) is 6.68. The first-order chi connectivity index (χ1) is 9.63. The van der Waals surface area contributed by atoms with E-state index in [0.717, 1.165) is 0 Å². The van der Waals surface area contributed by atoms with Gasteiger partial charge in [0.05, 0.1) is 0 Å². The summed E-state index contributed by atoms with van der Waals surface area (Å²) < 4.78 is 10.7. The zero-order valence-corrected chi connectivity index (χ0v) is 10.8. The molecule has 3 N–H and O–H groups in total. The zero-order chi connectivity index (χ0) is 14.4. The molecule has 20 heavy (non-hydrogen) atoms. The Labute approximate surface area is 116 Å². The van der Waals surface area contributed by atoms with Gasteiger partial charge in [-0.15, -0.1) is 0 Å². The summed E-state index contributed by atoms with van der Waals surface area (Å²) in [6.07, 6.45) is -0.780. The molecule has 106 valence electrons.